The summed E-state index contributed by atoms with van der Waals surface area (Å²) in [7, 11) is 1.54. The summed E-state index contributed by atoms with van der Waals surface area (Å²) in [6, 6.07) is 9.15. The summed E-state index contributed by atoms with van der Waals surface area (Å²) in [6.45, 7) is 2.44. The average Bonchev–Trinajstić information content (AvgIpc) is 2.53. The first kappa shape index (κ1) is 16.4. The van der Waals surface area contributed by atoms with Crippen molar-refractivity contribution in [2.24, 2.45) is 0 Å². The molecular weight excluding hydrogens is 296 g/mol. The first-order valence-corrected chi connectivity index (χ1v) is 7.10. The predicted molar refractivity (Wildman–Crippen MR) is 87.3 cm³/mol. The molecule has 0 aliphatic heterocycles. The van der Waals surface area contributed by atoms with E-state index in [2.05, 4.69) is 0 Å². The van der Waals surface area contributed by atoms with Crippen LogP contribution in [0, 0.1) is 0 Å². The molecule has 0 fully saturated rings. The van der Waals surface area contributed by atoms with Gasteiger partial charge < -0.3 is 19.7 Å². The van der Waals surface area contributed by atoms with Gasteiger partial charge in [-0.05, 0) is 43.3 Å². The summed E-state index contributed by atoms with van der Waals surface area (Å²) >= 11 is 0. The SMILES string of the molecule is CCOc1ccc(C=CC(=O)c2ccc(O)cc2O)c(OC)c1. The zero-order valence-corrected chi connectivity index (χ0v) is 12.9. The molecule has 5 nitrogen and oxygen atoms in total. The van der Waals surface area contributed by atoms with Crippen LogP contribution in [0.5, 0.6) is 23.0 Å². The topological polar surface area (TPSA) is 76.0 Å². The first-order valence-electron chi connectivity index (χ1n) is 7.10. The number of methoxy groups -OCH3 is 1. The van der Waals surface area contributed by atoms with Gasteiger partial charge in [0.2, 0.25) is 0 Å². The summed E-state index contributed by atoms with van der Waals surface area (Å²) in [4.78, 5) is 12.1. The van der Waals surface area contributed by atoms with Crippen molar-refractivity contribution >= 4 is 11.9 Å². The lowest BCUT2D eigenvalue weighted by atomic mass is 10.1. The number of ketones is 1. The van der Waals surface area contributed by atoms with Crippen molar-refractivity contribution < 1.29 is 24.5 Å². The quantitative estimate of drug-likeness (QED) is 0.631. The van der Waals surface area contributed by atoms with Gasteiger partial charge in [-0.3, -0.25) is 4.79 Å². The number of ether oxygens (including phenoxy) is 2. The molecule has 23 heavy (non-hydrogen) atoms. The molecule has 0 heterocycles. The molecule has 0 aromatic heterocycles. The Labute approximate surface area is 134 Å². The molecular formula is C18H18O5. The fraction of sp³-hybridized carbons (Fsp3) is 0.167. The van der Waals surface area contributed by atoms with Gasteiger partial charge in [-0.15, -0.1) is 0 Å². The lowest BCUT2D eigenvalue weighted by molar-refractivity contribution is 0.104. The van der Waals surface area contributed by atoms with E-state index < -0.39 is 0 Å². The number of phenols is 2. The van der Waals surface area contributed by atoms with E-state index in [0.29, 0.717) is 23.7 Å². The van der Waals surface area contributed by atoms with Crippen LogP contribution in [0.2, 0.25) is 0 Å². The number of aromatic hydroxyl groups is 2. The number of hydrogen-bond donors (Lipinski definition) is 2. The minimum atomic E-state index is -0.376. The van der Waals surface area contributed by atoms with Crippen LogP contribution in [0.15, 0.2) is 42.5 Å². The third kappa shape index (κ3) is 4.03. The first-order chi connectivity index (χ1) is 11.0. The highest BCUT2D eigenvalue weighted by Gasteiger charge is 2.09. The van der Waals surface area contributed by atoms with E-state index in [1.165, 1.54) is 25.3 Å². The number of allylic oxidation sites excluding steroid dienone is 1. The molecule has 0 aliphatic carbocycles. The summed E-state index contributed by atoms with van der Waals surface area (Å²) in [5.41, 5.74) is 0.825. The maximum Gasteiger partial charge on any atom is 0.189 e. The minimum absolute atomic E-state index is 0.101. The van der Waals surface area contributed by atoms with Crippen LogP contribution < -0.4 is 9.47 Å². The number of rotatable bonds is 6. The van der Waals surface area contributed by atoms with Gasteiger partial charge in [0.25, 0.3) is 0 Å². The molecule has 2 rings (SSSR count). The number of benzene rings is 2. The number of carbonyl (C=O) groups is 1. The second kappa shape index (κ2) is 7.35. The van der Waals surface area contributed by atoms with E-state index >= 15 is 0 Å². The molecule has 2 aromatic rings. The fourth-order valence-corrected chi connectivity index (χ4v) is 2.07. The molecule has 0 bridgehead atoms. The Kier molecular flexibility index (Phi) is 5.25. The molecule has 120 valence electrons. The number of hydrogen-bond acceptors (Lipinski definition) is 5. The monoisotopic (exact) mass is 314 g/mol. The van der Waals surface area contributed by atoms with Crippen molar-refractivity contribution in [3.05, 3.63) is 53.6 Å². The summed E-state index contributed by atoms with van der Waals surface area (Å²) < 4.78 is 10.7. The van der Waals surface area contributed by atoms with E-state index in [4.69, 9.17) is 9.47 Å². The van der Waals surface area contributed by atoms with Gasteiger partial charge in [0.05, 0.1) is 19.3 Å². The fourth-order valence-electron chi connectivity index (χ4n) is 2.07. The molecule has 2 aromatic carbocycles. The molecule has 0 radical (unpaired) electrons. The van der Waals surface area contributed by atoms with Gasteiger partial charge in [0, 0.05) is 17.7 Å². The average molecular weight is 314 g/mol. The van der Waals surface area contributed by atoms with Crippen LogP contribution in [-0.4, -0.2) is 29.7 Å². The molecule has 0 atom stereocenters. The predicted octanol–water partition coefficient (Wildman–Crippen LogP) is 3.40. The van der Waals surface area contributed by atoms with Crippen LogP contribution in [0.3, 0.4) is 0 Å². The van der Waals surface area contributed by atoms with E-state index in [-0.39, 0.29) is 22.8 Å². The highest BCUT2D eigenvalue weighted by atomic mass is 16.5. The molecule has 0 spiro atoms. The zero-order valence-electron chi connectivity index (χ0n) is 12.9. The summed E-state index contributed by atoms with van der Waals surface area (Å²) in [5.74, 6) is 0.520. The largest absolute Gasteiger partial charge is 0.508 e. The van der Waals surface area contributed by atoms with Gasteiger partial charge in [-0.2, -0.15) is 0 Å². The van der Waals surface area contributed by atoms with Crippen molar-refractivity contribution in [2.45, 2.75) is 6.92 Å². The Morgan fingerprint density at radius 1 is 1.17 bits per heavy atom. The Hall–Kier alpha value is -2.95. The van der Waals surface area contributed by atoms with Crippen molar-refractivity contribution in [1.29, 1.82) is 0 Å². The Bertz CT molecular complexity index is 734. The van der Waals surface area contributed by atoms with E-state index in [1.807, 2.05) is 6.92 Å². The smallest absolute Gasteiger partial charge is 0.189 e. The van der Waals surface area contributed by atoms with Crippen LogP contribution >= 0.6 is 0 Å². The molecule has 0 saturated carbocycles. The molecule has 0 aliphatic rings. The molecule has 0 saturated heterocycles. The van der Waals surface area contributed by atoms with Crippen molar-refractivity contribution in [2.75, 3.05) is 13.7 Å². The third-order valence-electron chi connectivity index (χ3n) is 3.18. The second-order valence-electron chi connectivity index (χ2n) is 4.74. The third-order valence-corrected chi connectivity index (χ3v) is 3.18. The van der Waals surface area contributed by atoms with Crippen LogP contribution in [0.1, 0.15) is 22.8 Å². The van der Waals surface area contributed by atoms with E-state index in [1.54, 1.807) is 24.3 Å². The lowest BCUT2D eigenvalue weighted by Gasteiger charge is -2.08. The maximum atomic E-state index is 12.1. The molecule has 2 N–H and O–H groups in total. The highest BCUT2D eigenvalue weighted by molar-refractivity contribution is 6.08. The number of phenolic OH excluding ortho intramolecular Hbond substituents is 2. The van der Waals surface area contributed by atoms with E-state index in [0.717, 1.165) is 6.07 Å². The second-order valence-corrected chi connectivity index (χ2v) is 4.74. The normalized spacial score (nSPS) is 10.7. The maximum absolute atomic E-state index is 12.1. The van der Waals surface area contributed by atoms with Gasteiger partial charge in [-0.25, -0.2) is 0 Å². The Morgan fingerprint density at radius 2 is 1.96 bits per heavy atom. The number of carbonyl (C=O) groups excluding carboxylic acids is 1. The van der Waals surface area contributed by atoms with Crippen LogP contribution in [0.25, 0.3) is 6.08 Å². The van der Waals surface area contributed by atoms with Crippen molar-refractivity contribution in [1.82, 2.24) is 0 Å². The zero-order chi connectivity index (χ0) is 16.8. The molecule has 0 unspecified atom stereocenters. The van der Waals surface area contributed by atoms with Crippen molar-refractivity contribution in [3.8, 4) is 23.0 Å². The van der Waals surface area contributed by atoms with E-state index in [9.17, 15) is 15.0 Å². The molecule has 5 heteroatoms. The lowest BCUT2D eigenvalue weighted by Crippen LogP contribution is -1.96. The molecule has 0 amide bonds. The summed E-state index contributed by atoms with van der Waals surface area (Å²) in [5, 5.41) is 18.9. The van der Waals surface area contributed by atoms with Gasteiger partial charge in [0.1, 0.15) is 23.0 Å². The minimum Gasteiger partial charge on any atom is -0.508 e. The van der Waals surface area contributed by atoms with Gasteiger partial charge in [0.15, 0.2) is 5.78 Å². The summed E-state index contributed by atoms with van der Waals surface area (Å²) in [6.07, 6.45) is 2.94. The van der Waals surface area contributed by atoms with Gasteiger partial charge >= 0.3 is 0 Å². The van der Waals surface area contributed by atoms with Crippen LogP contribution in [0.4, 0.5) is 0 Å². The van der Waals surface area contributed by atoms with Gasteiger partial charge in [-0.1, -0.05) is 0 Å². The Balaban J connectivity index is 2.23. The van der Waals surface area contributed by atoms with Crippen molar-refractivity contribution in [3.63, 3.8) is 0 Å². The highest BCUT2D eigenvalue weighted by Crippen LogP contribution is 2.27. The standard InChI is InChI=1S/C18H18O5/c1-3-23-14-7-4-12(18(11-14)22-2)5-9-16(20)15-8-6-13(19)10-17(15)21/h4-11,19,21H,3H2,1-2H3. The van der Waals surface area contributed by atoms with Crippen LogP contribution in [-0.2, 0) is 0 Å². The Morgan fingerprint density at radius 3 is 2.61 bits per heavy atom.